The molecule has 4 nitrogen and oxygen atoms in total. The molecule has 0 radical (unpaired) electrons. The molecule has 2 rings (SSSR count). The number of rotatable bonds is 5. The van der Waals surface area contributed by atoms with Gasteiger partial charge in [-0.2, -0.15) is 4.98 Å². The lowest BCUT2D eigenvalue weighted by Crippen LogP contribution is -2.19. The summed E-state index contributed by atoms with van der Waals surface area (Å²) in [7, 11) is 0. The van der Waals surface area contributed by atoms with Crippen LogP contribution in [-0.4, -0.2) is 23.1 Å². The van der Waals surface area contributed by atoms with Crippen LogP contribution in [0, 0.1) is 13.8 Å². The molecule has 0 bridgehead atoms. The number of aryl methyl sites for hydroxylation is 2. The van der Waals surface area contributed by atoms with Crippen molar-refractivity contribution in [2.24, 2.45) is 0 Å². The van der Waals surface area contributed by atoms with Gasteiger partial charge in [0.25, 0.3) is 0 Å². The molecule has 4 heteroatoms. The molecule has 1 N–H and O–H groups in total. The van der Waals surface area contributed by atoms with Gasteiger partial charge in [0.2, 0.25) is 5.95 Å². The monoisotopic (exact) mass is 270 g/mol. The summed E-state index contributed by atoms with van der Waals surface area (Å²) in [5.74, 6) is 1.64. The molecule has 1 aromatic carbocycles. The van der Waals surface area contributed by atoms with E-state index in [-0.39, 0.29) is 0 Å². The zero-order valence-electron chi connectivity index (χ0n) is 12.6. The number of anilines is 3. The first kappa shape index (κ1) is 14.3. The lowest BCUT2D eigenvalue weighted by Gasteiger charge is -2.24. The van der Waals surface area contributed by atoms with E-state index >= 15 is 0 Å². The second-order valence-corrected chi connectivity index (χ2v) is 4.81. The summed E-state index contributed by atoms with van der Waals surface area (Å²) in [4.78, 5) is 11.2. The lowest BCUT2D eigenvalue weighted by molar-refractivity contribution is 0.956. The quantitative estimate of drug-likeness (QED) is 0.899. The van der Waals surface area contributed by atoms with Crippen molar-refractivity contribution in [2.75, 3.05) is 23.3 Å². The van der Waals surface area contributed by atoms with E-state index in [1.807, 2.05) is 20.0 Å². The highest BCUT2D eigenvalue weighted by Gasteiger charge is 2.13. The Bertz CT molecular complexity index is 580. The van der Waals surface area contributed by atoms with Crippen molar-refractivity contribution in [1.29, 1.82) is 0 Å². The van der Waals surface area contributed by atoms with Crippen molar-refractivity contribution in [3.05, 3.63) is 41.6 Å². The average Bonchev–Trinajstić information content (AvgIpc) is 2.43. The van der Waals surface area contributed by atoms with Crippen LogP contribution in [-0.2, 0) is 0 Å². The van der Waals surface area contributed by atoms with E-state index in [9.17, 15) is 0 Å². The second kappa shape index (κ2) is 6.37. The van der Waals surface area contributed by atoms with E-state index in [1.165, 1.54) is 5.56 Å². The highest BCUT2D eigenvalue weighted by Crippen LogP contribution is 2.27. The summed E-state index contributed by atoms with van der Waals surface area (Å²) in [6, 6.07) is 8.48. The third-order valence-corrected chi connectivity index (χ3v) is 3.17. The van der Waals surface area contributed by atoms with Gasteiger partial charge in [0.1, 0.15) is 5.82 Å². The predicted molar refractivity (Wildman–Crippen MR) is 84.8 cm³/mol. The van der Waals surface area contributed by atoms with Crippen molar-refractivity contribution in [2.45, 2.75) is 27.7 Å². The smallest absolute Gasteiger partial charge is 0.224 e. The number of nitrogens with one attached hydrogen (secondary N) is 1. The van der Waals surface area contributed by atoms with Crippen LogP contribution >= 0.6 is 0 Å². The summed E-state index contributed by atoms with van der Waals surface area (Å²) < 4.78 is 0. The van der Waals surface area contributed by atoms with Crippen molar-refractivity contribution in [1.82, 2.24) is 9.97 Å². The Morgan fingerprint density at radius 3 is 2.65 bits per heavy atom. The normalized spacial score (nSPS) is 10.4. The molecule has 0 saturated carbocycles. The van der Waals surface area contributed by atoms with Crippen LogP contribution in [0.25, 0.3) is 0 Å². The van der Waals surface area contributed by atoms with Crippen LogP contribution < -0.4 is 10.2 Å². The molecule has 0 aliphatic heterocycles. The zero-order chi connectivity index (χ0) is 14.5. The fraction of sp³-hybridized carbons (Fsp3) is 0.375. The minimum Gasteiger partial charge on any atom is -0.354 e. The summed E-state index contributed by atoms with van der Waals surface area (Å²) in [5.41, 5.74) is 3.49. The fourth-order valence-corrected chi connectivity index (χ4v) is 2.20. The largest absolute Gasteiger partial charge is 0.354 e. The molecule has 1 aromatic heterocycles. The third kappa shape index (κ3) is 3.07. The van der Waals surface area contributed by atoms with Crippen molar-refractivity contribution in [3.63, 3.8) is 0 Å². The van der Waals surface area contributed by atoms with Crippen molar-refractivity contribution in [3.8, 4) is 0 Å². The second-order valence-electron chi connectivity index (χ2n) is 4.81. The Morgan fingerprint density at radius 2 is 2.00 bits per heavy atom. The minimum absolute atomic E-state index is 0.680. The Kier molecular flexibility index (Phi) is 4.56. The van der Waals surface area contributed by atoms with Gasteiger partial charge in [-0.15, -0.1) is 0 Å². The predicted octanol–water partition coefficient (Wildman–Crippen LogP) is 3.68. The molecule has 0 aliphatic rings. The first-order valence-electron chi connectivity index (χ1n) is 7.07. The maximum absolute atomic E-state index is 4.64. The molecule has 2 aromatic rings. The van der Waals surface area contributed by atoms with Crippen molar-refractivity contribution >= 4 is 17.5 Å². The Balaban J connectivity index is 2.43. The van der Waals surface area contributed by atoms with Crippen LogP contribution in [0.15, 0.2) is 30.5 Å². The highest BCUT2D eigenvalue weighted by molar-refractivity contribution is 5.64. The van der Waals surface area contributed by atoms with Gasteiger partial charge in [0, 0.05) is 30.5 Å². The number of benzene rings is 1. The van der Waals surface area contributed by atoms with Crippen LogP contribution in [0.4, 0.5) is 17.5 Å². The molecule has 20 heavy (non-hydrogen) atoms. The maximum atomic E-state index is 4.64. The Morgan fingerprint density at radius 1 is 1.20 bits per heavy atom. The fourth-order valence-electron chi connectivity index (χ4n) is 2.20. The van der Waals surface area contributed by atoms with Gasteiger partial charge >= 0.3 is 0 Å². The molecular formula is C16H22N4. The van der Waals surface area contributed by atoms with Gasteiger partial charge in [-0.1, -0.05) is 12.1 Å². The summed E-state index contributed by atoms with van der Waals surface area (Å²) in [6.07, 6.45) is 1.87. The van der Waals surface area contributed by atoms with Gasteiger partial charge < -0.3 is 10.2 Å². The van der Waals surface area contributed by atoms with E-state index in [4.69, 9.17) is 0 Å². The average molecular weight is 270 g/mol. The molecule has 0 fully saturated rings. The third-order valence-electron chi connectivity index (χ3n) is 3.17. The van der Waals surface area contributed by atoms with Crippen LogP contribution in [0.3, 0.4) is 0 Å². The topological polar surface area (TPSA) is 41.1 Å². The lowest BCUT2D eigenvalue weighted by atomic mass is 10.2. The molecule has 0 unspecified atom stereocenters. The molecule has 0 atom stereocenters. The minimum atomic E-state index is 0.680. The maximum Gasteiger partial charge on any atom is 0.224 e. The highest BCUT2D eigenvalue weighted by atomic mass is 15.2. The first-order chi connectivity index (χ1) is 9.65. The van der Waals surface area contributed by atoms with Gasteiger partial charge in [0.15, 0.2) is 0 Å². The van der Waals surface area contributed by atoms with Crippen LogP contribution in [0.2, 0.25) is 0 Å². The van der Waals surface area contributed by atoms with Gasteiger partial charge in [-0.3, -0.25) is 0 Å². The van der Waals surface area contributed by atoms with E-state index in [1.54, 1.807) is 0 Å². The van der Waals surface area contributed by atoms with Gasteiger partial charge in [-0.25, -0.2) is 4.98 Å². The Hall–Kier alpha value is -2.10. The summed E-state index contributed by atoms with van der Waals surface area (Å²) in [5, 5.41) is 3.17. The van der Waals surface area contributed by atoms with Gasteiger partial charge in [0.05, 0.1) is 0 Å². The van der Waals surface area contributed by atoms with E-state index in [0.29, 0.717) is 5.95 Å². The standard InChI is InChI=1S/C16H22N4/c1-5-17-16-18-11-13(4)15(19-16)20(6-2)14-9-7-8-12(3)10-14/h7-11H,5-6H2,1-4H3,(H,17,18,19). The first-order valence-corrected chi connectivity index (χ1v) is 7.07. The number of hydrogen-bond donors (Lipinski definition) is 1. The van der Waals surface area contributed by atoms with Crippen LogP contribution in [0.5, 0.6) is 0 Å². The summed E-state index contributed by atoms with van der Waals surface area (Å²) >= 11 is 0. The van der Waals surface area contributed by atoms with Crippen molar-refractivity contribution < 1.29 is 0 Å². The number of nitrogens with zero attached hydrogens (tertiary/aromatic N) is 3. The molecule has 0 aliphatic carbocycles. The molecule has 0 amide bonds. The molecule has 1 heterocycles. The molecule has 0 spiro atoms. The molecule has 106 valence electrons. The van der Waals surface area contributed by atoms with E-state index in [0.717, 1.165) is 30.2 Å². The number of hydrogen-bond acceptors (Lipinski definition) is 4. The van der Waals surface area contributed by atoms with E-state index in [2.05, 4.69) is 58.3 Å². The van der Waals surface area contributed by atoms with E-state index < -0.39 is 0 Å². The SMILES string of the molecule is CCNc1ncc(C)c(N(CC)c2cccc(C)c2)n1. The summed E-state index contributed by atoms with van der Waals surface area (Å²) in [6.45, 7) is 10.0. The molecule has 0 saturated heterocycles. The Labute approximate surface area is 120 Å². The van der Waals surface area contributed by atoms with Gasteiger partial charge in [-0.05, 0) is 45.4 Å². The van der Waals surface area contributed by atoms with Crippen LogP contribution in [0.1, 0.15) is 25.0 Å². The molecular weight excluding hydrogens is 248 g/mol. The number of aromatic nitrogens is 2. The zero-order valence-corrected chi connectivity index (χ0v) is 12.6.